The van der Waals surface area contributed by atoms with Gasteiger partial charge >= 0.3 is 16.4 Å². The fourth-order valence-electron chi connectivity index (χ4n) is 2.56. The second-order valence-electron chi connectivity index (χ2n) is 6.35. The lowest BCUT2D eigenvalue weighted by atomic mass is 10.2. The number of carbonyl (C=O) groups is 1. The monoisotopic (exact) mass is 449 g/mol. The van der Waals surface area contributed by atoms with Crippen LogP contribution in [0.2, 0.25) is 0 Å². The predicted octanol–water partition coefficient (Wildman–Crippen LogP) is 1.84. The van der Waals surface area contributed by atoms with E-state index in [2.05, 4.69) is 15.3 Å². The van der Waals surface area contributed by atoms with Gasteiger partial charge in [0, 0.05) is 31.6 Å². The van der Waals surface area contributed by atoms with E-state index in [-0.39, 0.29) is 37.1 Å². The van der Waals surface area contributed by atoms with E-state index in [9.17, 15) is 26.4 Å². The van der Waals surface area contributed by atoms with Crippen molar-refractivity contribution >= 4 is 27.8 Å². The molecule has 30 heavy (non-hydrogen) atoms. The molecule has 0 bridgehead atoms. The normalized spacial score (nSPS) is 16.1. The van der Waals surface area contributed by atoms with Crippen LogP contribution < -0.4 is 10.0 Å². The van der Waals surface area contributed by atoms with Crippen molar-refractivity contribution in [1.82, 2.24) is 19.0 Å². The van der Waals surface area contributed by atoms with Crippen LogP contribution in [-0.4, -0.2) is 54.9 Å². The second kappa shape index (κ2) is 8.57. The van der Waals surface area contributed by atoms with Crippen LogP contribution in [0.1, 0.15) is 28.2 Å². The molecule has 0 unspecified atom stereocenters. The van der Waals surface area contributed by atoms with Crippen LogP contribution in [0, 0.1) is 6.92 Å². The van der Waals surface area contributed by atoms with Gasteiger partial charge in [0.05, 0.1) is 6.61 Å². The quantitative estimate of drug-likeness (QED) is 0.708. The van der Waals surface area contributed by atoms with E-state index >= 15 is 0 Å². The number of nitrogens with one attached hydrogen (secondary N) is 2. The van der Waals surface area contributed by atoms with E-state index < -0.39 is 28.0 Å². The summed E-state index contributed by atoms with van der Waals surface area (Å²) in [5, 5.41) is 2.52. The van der Waals surface area contributed by atoms with Gasteiger partial charge in [0.15, 0.2) is 5.69 Å². The van der Waals surface area contributed by atoms with Gasteiger partial charge in [-0.25, -0.2) is 4.72 Å². The van der Waals surface area contributed by atoms with Crippen molar-refractivity contribution in [3.05, 3.63) is 35.5 Å². The molecule has 1 fully saturated rings. The van der Waals surface area contributed by atoms with Crippen molar-refractivity contribution in [3.8, 4) is 0 Å². The van der Waals surface area contributed by atoms with Gasteiger partial charge in [-0.3, -0.25) is 9.78 Å². The third-order valence-electron chi connectivity index (χ3n) is 4.11. The van der Waals surface area contributed by atoms with Gasteiger partial charge in [0.1, 0.15) is 12.0 Å². The molecule has 0 spiro atoms. The zero-order valence-electron chi connectivity index (χ0n) is 15.7. The molecule has 2 N–H and O–H groups in total. The van der Waals surface area contributed by atoms with Crippen molar-refractivity contribution < 1.29 is 35.5 Å². The first-order valence-electron chi connectivity index (χ1n) is 8.72. The Kier molecular flexibility index (Phi) is 6.28. The minimum atomic E-state index is -4.64. The number of halogens is 3. The fourth-order valence-corrected chi connectivity index (χ4v) is 3.71. The number of anilines is 2. The molecular formula is C16H18F3N5O5S. The van der Waals surface area contributed by atoms with Crippen LogP contribution in [-0.2, 0) is 21.1 Å². The molecule has 1 aliphatic heterocycles. The maximum absolute atomic E-state index is 12.8. The highest BCUT2D eigenvalue weighted by Gasteiger charge is 2.33. The number of hydrogen-bond acceptors (Lipinski definition) is 8. The summed E-state index contributed by atoms with van der Waals surface area (Å²) in [4.78, 5) is 19.4. The molecule has 10 nitrogen and oxygen atoms in total. The number of hydrogen-bond donors (Lipinski definition) is 2. The van der Waals surface area contributed by atoms with Gasteiger partial charge < -0.3 is 14.5 Å². The molecule has 1 aliphatic rings. The molecular weight excluding hydrogens is 431 g/mol. The highest BCUT2D eigenvalue weighted by Crippen LogP contribution is 2.31. The van der Waals surface area contributed by atoms with Gasteiger partial charge in [-0.2, -0.15) is 30.9 Å². The van der Waals surface area contributed by atoms with Crippen molar-refractivity contribution in [2.75, 3.05) is 31.6 Å². The zero-order chi connectivity index (χ0) is 21.9. The second-order valence-corrected chi connectivity index (χ2v) is 8.02. The van der Waals surface area contributed by atoms with Crippen molar-refractivity contribution in [2.24, 2.45) is 0 Å². The summed E-state index contributed by atoms with van der Waals surface area (Å²) >= 11 is 0. The summed E-state index contributed by atoms with van der Waals surface area (Å²) in [6, 6.07) is 0.480. The number of aryl methyl sites for hydroxylation is 1. The number of oxazole rings is 1. The number of ether oxygens (including phenoxy) is 1. The fraction of sp³-hybridized carbons (Fsp3) is 0.438. The van der Waals surface area contributed by atoms with Crippen LogP contribution in [0.4, 0.5) is 24.9 Å². The first kappa shape index (κ1) is 22.0. The molecule has 2 aromatic heterocycles. The molecule has 3 rings (SSSR count). The van der Waals surface area contributed by atoms with E-state index in [4.69, 9.17) is 9.15 Å². The molecule has 14 heteroatoms. The Hall–Kier alpha value is -2.71. The average Bonchev–Trinajstić information content (AvgIpc) is 2.94. The molecule has 3 heterocycles. The molecule has 2 aromatic rings. The van der Waals surface area contributed by atoms with E-state index in [1.165, 1.54) is 6.92 Å². The maximum atomic E-state index is 12.8. The summed E-state index contributed by atoms with van der Waals surface area (Å²) in [5.41, 5.74) is -1.09. The zero-order valence-corrected chi connectivity index (χ0v) is 16.5. The Morgan fingerprint density at radius 1 is 1.27 bits per heavy atom. The van der Waals surface area contributed by atoms with Gasteiger partial charge in [-0.05, 0) is 25.0 Å². The lowest BCUT2D eigenvalue weighted by molar-refractivity contribution is -0.141. The third-order valence-corrected chi connectivity index (χ3v) is 5.60. The summed E-state index contributed by atoms with van der Waals surface area (Å²) in [5.74, 6) is -1.04. The molecule has 0 aliphatic carbocycles. The number of aromatic nitrogens is 2. The van der Waals surface area contributed by atoms with Gasteiger partial charge in [0.25, 0.3) is 11.9 Å². The van der Waals surface area contributed by atoms with Crippen LogP contribution in [0.15, 0.2) is 22.9 Å². The molecule has 0 radical (unpaired) electrons. The molecule has 0 atom stereocenters. The standard InChI is InChI=1S/C16H18F3N5O5S/c1-10-8-20-13(16(17,18)19)7-11(10)21-15-22-12(9-29-15)14(25)23-30(26,27)24-3-2-5-28-6-4-24/h7-9H,2-6H2,1H3,(H,23,25)(H,20,21,22). The SMILES string of the molecule is Cc1cnc(C(F)(F)F)cc1Nc1nc(C(=O)NS(=O)(=O)N2CCCOCC2)co1. The van der Waals surface area contributed by atoms with Crippen molar-refractivity contribution in [3.63, 3.8) is 0 Å². The summed E-state index contributed by atoms with van der Waals surface area (Å²) < 4.78 is 76.4. The Labute approximate surface area is 169 Å². The Bertz CT molecular complexity index is 1020. The minimum absolute atomic E-state index is 0.0170. The Balaban J connectivity index is 1.71. The Morgan fingerprint density at radius 3 is 2.77 bits per heavy atom. The van der Waals surface area contributed by atoms with Gasteiger partial charge in [-0.1, -0.05) is 0 Å². The molecule has 0 aromatic carbocycles. The predicted molar refractivity (Wildman–Crippen MR) is 97.2 cm³/mol. The topological polar surface area (TPSA) is 127 Å². The number of carbonyl (C=O) groups excluding carboxylic acids is 1. The lowest BCUT2D eigenvalue weighted by Crippen LogP contribution is -2.44. The number of alkyl halides is 3. The van der Waals surface area contributed by atoms with Crippen LogP contribution in [0.25, 0.3) is 0 Å². The maximum Gasteiger partial charge on any atom is 0.433 e. The number of amides is 1. The highest BCUT2D eigenvalue weighted by atomic mass is 32.2. The van der Waals surface area contributed by atoms with Crippen molar-refractivity contribution in [1.29, 1.82) is 0 Å². The molecule has 0 saturated carbocycles. The van der Waals surface area contributed by atoms with Crippen LogP contribution in [0.3, 0.4) is 0 Å². The van der Waals surface area contributed by atoms with E-state index in [1.54, 1.807) is 0 Å². The first-order chi connectivity index (χ1) is 14.1. The van der Waals surface area contributed by atoms with E-state index in [1.807, 2.05) is 4.72 Å². The number of nitrogens with zero attached hydrogens (tertiary/aromatic N) is 3. The average molecular weight is 449 g/mol. The molecule has 1 saturated heterocycles. The Morgan fingerprint density at radius 2 is 2.03 bits per heavy atom. The smallest absolute Gasteiger partial charge is 0.431 e. The van der Waals surface area contributed by atoms with Crippen LogP contribution >= 0.6 is 0 Å². The lowest BCUT2D eigenvalue weighted by Gasteiger charge is -2.18. The third kappa shape index (κ3) is 5.25. The first-order valence-corrected chi connectivity index (χ1v) is 10.2. The highest BCUT2D eigenvalue weighted by molar-refractivity contribution is 7.87. The van der Waals surface area contributed by atoms with Gasteiger partial charge in [0.2, 0.25) is 0 Å². The van der Waals surface area contributed by atoms with E-state index in [0.717, 1.165) is 22.8 Å². The summed E-state index contributed by atoms with van der Waals surface area (Å²) in [6.45, 7) is 2.43. The van der Waals surface area contributed by atoms with E-state index in [0.29, 0.717) is 18.6 Å². The largest absolute Gasteiger partial charge is 0.433 e. The number of rotatable bonds is 5. The summed E-state index contributed by atoms with van der Waals surface area (Å²) in [7, 11) is -4.11. The van der Waals surface area contributed by atoms with Crippen LogP contribution in [0.5, 0.6) is 0 Å². The van der Waals surface area contributed by atoms with Gasteiger partial charge in [-0.15, -0.1) is 0 Å². The molecule has 164 valence electrons. The van der Waals surface area contributed by atoms with Crippen molar-refractivity contribution in [2.45, 2.75) is 19.5 Å². The molecule has 1 amide bonds. The summed E-state index contributed by atoms with van der Waals surface area (Å²) in [6.07, 6.45) is -2.24. The number of pyridine rings is 1. The minimum Gasteiger partial charge on any atom is -0.431 e.